The summed E-state index contributed by atoms with van der Waals surface area (Å²) in [7, 11) is 0. The number of nitrogens with zero attached hydrogens (tertiary/aromatic N) is 1. The second kappa shape index (κ2) is 7.19. The van der Waals surface area contributed by atoms with Crippen molar-refractivity contribution in [1.82, 2.24) is 0 Å². The van der Waals surface area contributed by atoms with Crippen LogP contribution in [-0.4, -0.2) is 30.8 Å². The summed E-state index contributed by atoms with van der Waals surface area (Å²) in [6, 6.07) is 8.66. The van der Waals surface area contributed by atoms with Gasteiger partial charge in [0.1, 0.15) is 0 Å². The molecule has 1 aromatic heterocycles. The molecule has 1 saturated heterocycles. The van der Waals surface area contributed by atoms with E-state index in [4.69, 9.17) is 4.74 Å². The highest BCUT2D eigenvalue weighted by Gasteiger charge is 2.26. The van der Waals surface area contributed by atoms with E-state index in [1.165, 1.54) is 0 Å². The van der Waals surface area contributed by atoms with Crippen molar-refractivity contribution in [2.75, 3.05) is 18.1 Å². The largest absolute Gasteiger partial charge is 0.454 e. The fourth-order valence-corrected chi connectivity index (χ4v) is 3.92. The van der Waals surface area contributed by atoms with Crippen LogP contribution in [0.2, 0.25) is 0 Å². The molecule has 1 aliphatic rings. The van der Waals surface area contributed by atoms with E-state index in [9.17, 15) is 14.4 Å². The van der Waals surface area contributed by atoms with Crippen LogP contribution < -0.4 is 4.90 Å². The third-order valence-electron chi connectivity index (χ3n) is 4.16. The highest BCUT2D eigenvalue weighted by atomic mass is 32.1. The number of esters is 1. The van der Waals surface area contributed by atoms with Crippen LogP contribution in [0.3, 0.4) is 0 Å². The highest BCUT2D eigenvalue weighted by molar-refractivity contribution is 7.12. The van der Waals surface area contributed by atoms with Crippen LogP contribution in [0.25, 0.3) is 0 Å². The van der Waals surface area contributed by atoms with Crippen molar-refractivity contribution >= 4 is 34.7 Å². The quantitative estimate of drug-likeness (QED) is 0.607. The van der Waals surface area contributed by atoms with E-state index in [2.05, 4.69) is 0 Å². The molecule has 0 radical (unpaired) electrons. The molecule has 6 heteroatoms. The van der Waals surface area contributed by atoms with Gasteiger partial charge in [0.25, 0.3) is 0 Å². The number of ether oxygens (including phenoxy) is 1. The molecule has 0 unspecified atom stereocenters. The van der Waals surface area contributed by atoms with E-state index in [1.807, 2.05) is 19.9 Å². The molecule has 3 rings (SSSR count). The van der Waals surface area contributed by atoms with Gasteiger partial charge in [0.15, 0.2) is 6.61 Å². The van der Waals surface area contributed by atoms with Gasteiger partial charge in [0.2, 0.25) is 11.7 Å². The summed E-state index contributed by atoms with van der Waals surface area (Å²) in [4.78, 5) is 40.2. The van der Waals surface area contributed by atoms with Gasteiger partial charge in [0.05, 0.1) is 11.3 Å². The number of ketones is 1. The number of benzene rings is 1. The van der Waals surface area contributed by atoms with Crippen LogP contribution in [-0.2, 0) is 9.53 Å². The van der Waals surface area contributed by atoms with Gasteiger partial charge < -0.3 is 9.64 Å². The zero-order valence-corrected chi connectivity index (χ0v) is 15.0. The minimum atomic E-state index is -0.590. The van der Waals surface area contributed by atoms with Crippen molar-refractivity contribution in [3.63, 3.8) is 0 Å². The molecule has 0 N–H and O–H groups in total. The van der Waals surface area contributed by atoms with Crippen LogP contribution >= 0.6 is 11.3 Å². The molecular weight excluding hydrogens is 338 g/mol. The first-order valence-electron chi connectivity index (χ1n) is 8.14. The predicted octanol–water partition coefficient (Wildman–Crippen LogP) is 3.53. The SMILES string of the molecule is Cc1cc(C(=O)COC(=O)c2ccccc2N2CCCC2=O)c(C)s1. The van der Waals surface area contributed by atoms with E-state index in [0.717, 1.165) is 16.2 Å². The summed E-state index contributed by atoms with van der Waals surface area (Å²) >= 11 is 1.54. The molecule has 0 spiro atoms. The van der Waals surface area contributed by atoms with E-state index in [1.54, 1.807) is 40.5 Å². The van der Waals surface area contributed by atoms with Gasteiger partial charge in [-0.3, -0.25) is 9.59 Å². The van der Waals surface area contributed by atoms with Crippen LogP contribution in [0.15, 0.2) is 30.3 Å². The number of thiophene rings is 1. The molecule has 5 nitrogen and oxygen atoms in total. The minimum Gasteiger partial charge on any atom is -0.454 e. The van der Waals surface area contributed by atoms with Gasteiger partial charge in [-0.05, 0) is 38.5 Å². The Morgan fingerprint density at radius 2 is 1.96 bits per heavy atom. The molecule has 0 bridgehead atoms. The van der Waals surface area contributed by atoms with E-state index >= 15 is 0 Å². The maximum Gasteiger partial charge on any atom is 0.340 e. The summed E-state index contributed by atoms with van der Waals surface area (Å²) in [6.07, 6.45) is 1.26. The molecule has 25 heavy (non-hydrogen) atoms. The number of anilines is 1. The number of carbonyl (C=O) groups is 3. The molecule has 0 saturated carbocycles. The Morgan fingerprint density at radius 3 is 2.60 bits per heavy atom. The Bertz CT molecular complexity index is 840. The van der Waals surface area contributed by atoms with Gasteiger partial charge in [0, 0.05) is 28.3 Å². The van der Waals surface area contributed by atoms with Gasteiger partial charge in [-0.15, -0.1) is 11.3 Å². The Kier molecular flexibility index (Phi) is 4.99. The lowest BCUT2D eigenvalue weighted by Gasteiger charge is -2.18. The summed E-state index contributed by atoms with van der Waals surface area (Å²) in [6.45, 7) is 4.10. The van der Waals surface area contributed by atoms with Gasteiger partial charge in [-0.25, -0.2) is 4.79 Å². The van der Waals surface area contributed by atoms with Crippen molar-refractivity contribution in [2.24, 2.45) is 0 Å². The zero-order valence-electron chi connectivity index (χ0n) is 14.2. The second-order valence-corrected chi connectivity index (χ2v) is 7.45. The first kappa shape index (κ1) is 17.4. The number of Topliss-reactive ketones (excluding diaryl/α,β-unsaturated/α-hetero) is 1. The number of hydrogen-bond acceptors (Lipinski definition) is 5. The molecule has 130 valence electrons. The van der Waals surface area contributed by atoms with Crippen molar-refractivity contribution in [2.45, 2.75) is 26.7 Å². The fraction of sp³-hybridized carbons (Fsp3) is 0.316. The van der Waals surface area contributed by atoms with Crippen molar-refractivity contribution < 1.29 is 19.1 Å². The van der Waals surface area contributed by atoms with Crippen molar-refractivity contribution in [3.05, 3.63) is 51.2 Å². The van der Waals surface area contributed by atoms with Crippen LogP contribution in [0, 0.1) is 13.8 Å². The highest BCUT2D eigenvalue weighted by Crippen LogP contribution is 2.26. The zero-order chi connectivity index (χ0) is 18.0. The topological polar surface area (TPSA) is 63.7 Å². The maximum atomic E-state index is 12.4. The number of aryl methyl sites for hydroxylation is 2. The summed E-state index contributed by atoms with van der Waals surface area (Å²) in [5.74, 6) is -0.807. The lowest BCUT2D eigenvalue weighted by Crippen LogP contribution is -2.26. The molecule has 1 fully saturated rings. The Hall–Kier alpha value is -2.47. The summed E-state index contributed by atoms with van der Waals surface area (Å²) < 4.78 is 5.22. The summed E-state index contributed by atoms with van der Waals surface area (Å²) in [5.41, 5.74) is 1.45. The minimum absolute atomic E-state index is 0.000648. The molecule has 2 aromatic rings. The van der Waals surface area contributed by atoms with E-state index < -0.39 is 5.97 Å². The molecular formula is C19H19NO4S. The fourth-order valence-electron chi connectivity index (χ4n) is 2.98. The first-order valence-corrected chi connectivity index (χ1v) is 8.96. The smallest absolute Gasteiger partial charge is 0.340 e. The second-order valence-electron chi connectivity index (χ2n) is 5.99. The number of hydrogen-bond donors (Lipinski definition) is 0. The van der Waals surface area contributed by atoms with E-state index in [-0.39, 0.29) is 18.3 Å². The lowest BCUT2D eigenvalue weighted by atomic mass is 10.1. The van der Waals surface area contributed by atoms with E-state index in [0.29, 0.717) is 29.8 Å². The van der Waals surface area contributed by atoms with Crippen molar-refractivity contribution in [3.8, 4) is 0 Å². The Morgan fingerprint density at radius 1 is 1.20 bits per heavy atom. The third-order valence-corrected chi connectivity index (χ3v) is 5.13. The van der Waals surface area contributed by atoms with Crippen LogP contribution in [0.1, 0.15) is 43.3 Å². The molecule has 1 aliphatic heterocycles. The monoisotopic (exact) mass is 357 g/mol. The number of carbonyl (C=O) groups excluding carboxylic acids is 3. The predicted molar refractivity (Wildman–Crippen MR) is 96.4 cm³/mol. The number of para-hydroxylation sites is 1. The molecule has 1 aromatic carbocycles. The van der Waals surface area contributed by atoms with Gasteiger partial charge in [-0.1, -0.05) is 12.1 Å². The standard InChI is InChI=1S/C19H19NO4S/c1-12-10-15(13(2)25-12)17(21)11-24-19(23)14-6-3-4-7-16(14)20-9-5-8-18(20)22/h3-4,6-7,10H,5,8-9,11H2,1-2H3. The van der Waals surface area contributed by atoms with Gasteiger partial charge >= 0.3 is 5.97 Å². The van der Waals surface area contributed by atoms with Crippen LogP contribution in [0.4, 0.5) is 5.69 Å². The first-order chi connectivity index (χ1) is 12.0. The molecule has 0 aliphatic carbocycles. The normalized spacial score (nSPS) is 14.0. The average molecular weight is 357 g/mol. The molecule has 2 heterocycles. The average Bonchev–Trinajstić information content (AvgIpc) is 3.17. The number of rotatable bonds is 5. The van der Waals surface area contributed by atoms with Crippen molar-refractivity contribution in [1.29, 1.82) is 0 Å². The Labute approximate surface area is 150 Å². The molecule has 1 amide bonds. The Balaban J connectivity index is 1.73. The molecule has 0 atom stereocenters. The third kappa shape index (κ3) is 3.64. The van der Waals surface area contributed by atoms with Crippen LogP contribution in [0.5, 0.6) is 0 Å². The van der Waals surface area contributed by atoms with Gasteiger partial charge in [-0.2, -0.15) is 0 Å². The summed E-state index contributed by atoms with van der Waals surface area (Å²) in [5, 5.41) is 0. The lowest BCUT2D eigenvalue weighted by molar-refractivity contribution is -0.117. The maximum absolute atomic E-state index is 12.4. The number of amides is 1.